The molecule has 0 aromatic heterocycles. The highest BCUT2D eigenvalue weighted by molar-refractivity contribution is 5.88. The van der Waals surface area contributed by atoms with Gasteiger partial charge in [-0.2, -0.15) is 0 Å². The lowest BCUT2D eigenvalue weighted by Gasteiger charge is -2.14. The maximum Gasteiger partial charge on any atom is 0.335 e. The van der Waals surface area contributed by atoms with Crippen molar-refractivity contribution in [3.8, 4) is 0 Å². The smallest absolute Gasteiger partial charge is 0.335 e. The monoisotopic (exact) mass is 218 g/mol. The van der Waals surface area contributed by atoms with Crippen LogP contribution in [0.4, 0.5) is 0 Å². The Morgan fingerprint density at radius 2 is 2.06 bits per heavy atom. The van der Waals surface area contributed by atoms with Crippen LogP contribution in [0.2, 0.25) is 0 Å². The summed E-state index contributed by atoms with van der Waals surface area (Å²) in [5.41, 5.74) is 2.62. The highest BCUT2D eigenvalue weighted by atomic mass is 16.5. The molecule has 1 N–H and O–H groups in total. The molecule has 3 heteroatoms. The van der Waals surface area contributed by atoms with Gasteiger partial charge in [-0.15, -0.1) is 0 Å². The van der Waals surface area contributed by atoms with Crippen LogP contribution in [0.5, 0.6) is 0 Å². The molecule has 1 saturated heterocycles. The van der Waals surface area contributed by atoms with Crippen LogP contribution >= 0.6 is 0 Å². The van der Waals surface area contributed by atoms with Crippen molar-refractivity contribution in [2.45, 2.75) is 12.8 Å². The average molecular weight is 218 g/mol. The number of aromatic carboxylic acids is 1. The van der Waals surface area contributed by atoms with Gasteiger partial charge in [-0.25, -0.2) is 4.79 Å². The fourth-order valence-electron chi connectivity index (χ4n) is 1.78. The highest BCUT2D eigenvalue weighted by Gasteiger charge is 2.06. The van der Waals surface area contributed by atoms with Crippen molar-refractivity contribution in [3.05, 3.63) is 41.0 Å². The van der Waals surface area contributed by atoms with Crippen LogP contribution in [0.3, 0.4) is 0 Å². The van der Waals surface area contributed by atoms with Crippen LogP contribution in [0, 0.1) is 0 Å². The van der Waals surface area contributed by atoms with Crippen molar-refractivity contribution in [1.82, 2.24) is 0 Å². The molecule has 0 unspecified atom stereocenters. The van der Waals surface area contributed by atoms with E-state index in [2.05, 4.69) is 6.08 Å². The zero-order chi connectivity index (χ0) is 11.4. The van der Waals surface area contributed by atoms with Crippen LogP contribution in [0.15, 0.2) is 29.8 Å². The van der Waals surface area contributed by atoms with Gasteiger partial charge in [-0.3, -0.25) is 0 Å². The first-order chi connectivity index (χ1) is 7.75. The Hall–Kier alpha value is -1.61. The van der Waals surface area contributed by atoms with E-state index in [1.54, 1.807) is 18.2 Å². The van der Waals surface area contributed by atoms with E-state index < -0.39 is 5.97 Å². The highest BCUT2D eigenvalue weighted by Crippen LogP contribution is 2.18. The van der Waals surface area contributed by atoms with Gasteiger partial charge in [-0.1, -0.05) is 23.8 Å². The SMILES string of the molecule is O=C(O)c1cccc(C=C2CCOCC2)c1. The maximum absolute atomic E-state index is 10.8. The first-order valence-electron chi connectivity index (χ1n) is 5.36. The molecule has 3 nitrogen and oxygen atoms in total. The molecular formula is C13H14O3. The van der Waals surface area contributed by atoms with Gasteiger partial charge in [0.2, 0.25) is 0 Å². The molecule has 16 heavy (non-hydrogen) atoms. The number of rotatable bonds is 2. The molecule has 0 saturated carbocycles. The fourth-order valence-corrected chi connectivity index (χ4v) is 1.78. The molecule has 0 radical (unpaired) electrons. The Morgan fingerprint density at radius 3 is 2.75 bits per heavy atom. The third-order valence-corrected chi connectivity index (χ3v) is 2.64. The zero-order valence-corrected chi connectivity index (χ0v) is 8.98. The molecule has 0 bridgehead atoms. The lowest BCUT2D eigenvalue weighted by molar-refractivity contribution is 0.0697. The molecule has 0 atom stereocenters. The second kappa shape index (κ2) is 4.94. The molecule has 1 aliphatic rings. The minimum atomic E-state index is -0.882. The van der Waals surface area contributed by atoms with Gasteiger partial charge in [0.15, 0.2) is 0 Å². The molecule has 1 aromatic carbocycles. The second-order valence-electron chi connectivity index (χ2n) is 3.85. The molecule has 0 amide bonds. The Kier molecular flexibility index (Phi) is 3.37. The quantitative estimate of drug-likeness (QED) is 0.829. The van der Waals surface area contributed by atoms with E-state index in [1.165, 1.54) is 5.57 Å². The van der Waals surface area contributed by atoms with Gasteiger partial charge in [0.25, 0.3) is 0 Å². The summed E-state index contributed by atoms with van der Waals surface area (Å²) in [4.78, 5) is 10.8. The van der Waals surface area contributed by atoms with E-state index in [0.29, 0.717) is 5.56 Å². The maximum atomic E-state index is 10.8. The molecule has 84 valence electrons. The average Bonchev–Trinajstić information content (AvgIpc) is 2.30. The summed E-state index contributed by atoms with van der Waals surface area (Å²) < 4.78 is 5.26. The lowest BCUT2D eigenvalue weighted by atomic mass is 10.0. The minimum Gasteiger partial charge on any atom is -0.478 e. The molecule has 0 spiro atoms. The topological polar surface area (TPSA) is 46.5 Å². The van der Waals surface area contributed by atoms with E-state index >= 15 is 0 Å². The van der Waals surface area contributed by atoms with Crippen LogP contribution in [-0.4, -0.2) is 24.3 Å². The third kappa shape index (κ3) is 2.70. The number of hydrogen-bond donors (Lipinski definition) is 1. The molecular weight excluding hydrogens is 204 g/mol. The van der Waals surface area contributed by atoms with E-state index in [-0.39, 0.29) is 0 Å². The van der Waals surface area contributed by atoms with Gasteiger partial charge >= 0.3 is 5.97 Å². The Balaban J connectivity index is 2.20. The van der Waals surface area contributed by atoms with Crippen LogP contribution in [0.25, 0.3) is 6.08 Å². The normalized spacial score (nSPS) is 15.9. The molecule has 1 heterocycles. The van der Waals surface area contributed by atoms with Crippen molar-refractivity contribution in [2.75, 3.05) is 13.2 Å². The van der Waals surface area contributed by atoms with Crippen molar-refractivity contribution in [1.29, 1.82) is 0 Å². The van der Waals surface area contributed by atoms with Gasteiger partial charge in [0.05, 0.1) is 18.8 Å². The van der Waals surface area contributed by atoms with E-state index in [0.717, 1.165) is 31.6 Å². The van der Waals surface area contributed by atoms with Crippen molar-refractivity contribution >= 4 is 12.0 Å². The summed E-state index contributed by atoms with van der Waals surface area (Å²) in [5.74, 6) is -0.882. The number of carboxylic acid groups (broad SMARTS) is 1. The molecule has 0 aliphatic carbocycles. The van der Waals surface area contributed by atoms with Gasteiger partial charge in [-0.05, 0) is 30.5 Å². The third-order valence-electron chi connectivity index (χ3n) is 2.64. The van der Waals surface area contributed by atoms with Gasteiger partial charge < -0.3 is 9.84 Å². The molecule has 2 rings (SSSR count). The largest absolute Gasteiger partial charge is 0.478 e. The number of hydrogen-bond acceptors (Lipinski definition) is 2. The summed E-state index contributed by atoms with van der Waals surface area (Å²) in [7, 11) is 0. The van der Waals surface area contributed by atoms with Crippen molar-refractivity contribution in [3.63, 3.8) is 0 Å². The first kappa shape index (κ1) is 10.9. The molecule has 1 aliphatic heterocycles. The second-order valence-corrected chi connectivity index (χ2v) is 3.85. The first-order valence-corrected chi connectivity index (χ1v) is 5.36. The predicted molar refractivity (Wildman–Crippen MR) is 61.4 cm³/mol. The van der Waals surface area contributed by atoms with Crippen molar-refractivity contribution < 1.29 is 14.6 Å². The lowest BCUT2D eigenvalue weighted by Crippen LogP contribution is -2.07. The van der Waals surface area contributed by atoms with E-state index in [1.807, 2.05) is 6.07 Å². The van der Waals surface area contributed by atoms with Gasteiger partial charge in [0, 0.05) is 0 Å². The standard InChI is InChI=1S/C13H14O3/c14-13(15)12-3-1-2-11(9-12)8-10-4-6-16-7-5-10/h1-3,8-9H,4-7H2,(H,14,15). The summed E-state index contributed by atoms with van der Waals surface area (Å²) in [6.45, 7) is 1.54. The zero-order valence-electron chi connectivity index (χ0n) is 8.98. The summed E-state index contributed by atoms with van der Waals surface area (Å²) in [5, 5.41) is 8.87. The van der Waals surface area contributed by atoms with Crippen LogP contribution in [0.1, 0.15) is 28.8 Å². The summed E-state index contributed by atoms with van der Waals surface area (Å²) >= 11 is 0. The predicted octanol–water partition coefficient (Wildman–Crippen LogP) is 2.58. The Labute approximate surface area is 94.4 Å². The van der Waals surface area contributed by atoms with E-state index in [4.69, 9.17) is 9.84 Å². The van der Waals surface area contributed by atoms with Crippen LogP contribution in [-0.2, 0) is 4.74 Å². The fraction of sp³-hybridized carbons (Fsp3) is 0.308. The Bertz CT molecular complexity index is 413. The molecule has 1 fully saturated rings. The summed E-state index contributed by atoms with van der Waals surface area (Å²) in [6, 6.07) is 7.00. The minimum absolute atomic E-state index is 0.335. The number of ether oxygens (including phenoxy) is 1. The Morgan fingerprint density at radius 1 is 1.31 bits per heavy atom. The number of carbonyl (C=O) groups is 1. The number of benzene rings is 1. The summed E-state index contributed by atoms with van der Waals surface area (Å²) in [6.07, 6.45) is 3.95. The van der Waals surface area contributed by atoms with Crippen LogP contribution < -0.4 is 0 Å². The number of carboxylic acids is 1. The van der Waals surface area contributed by atoms with E-state index in [9.17, 15) is 4.79 Å². The molecule has 1 aromatic rings. The van der Waals surface area contributed by atoms with Gasteiger partial charge in [0.1, 0.15) is 0 Å². The van der Waals surface area contributed by atoms with Crippen molar-refractivity contribution in [2.24, 2.45) is 0 Å².